The van der Waals surface area contributed by atoms with Crippen LogP contribution in [0, 0.1) is 16.2 Å². The summed E-state index contributed by atoms with van der Waals surface area (Å²) in [7, 11) is 0. The van der Waals surface area contributed by atoms with Crippen molar-refractivity contribution in [3.05, 3.63) is 12.2 Å². The molecule has 15 heavy (non-hydrogen) atoms. The van der Waals surface area contributed by atoms with E-state index in [9.17, 15) is 0 Å². The molecule has 0 aliphatic carbocycles. The highest BCUT2D eigenvalue weighted by atomic mass is 14.3. The van der Waals surface area contributed by atoms with Crippen molar-refractivity contribution in [1.82, 2.24) is 0 Å². The highest BCUT2D eigenvalue weighted by Crippen LogP contribution is 2.36. The molecular formula is C15H30. The van der Waals surface area contributed by atoms with E-state index >= 15 is 0 Å². The zero-order valence-corrected chi connectivity index (χ0v) is 12.1. The zero-order chi connectivity index (χ0) is 12.3. The molecule has 0 spiro atoms. The van der Waals surface area contributed by atoms with Crippen LogP contribution in [0.2, 0.25) is 0 Å². The molecule has 0 aromatic heterocycles. The van der Waals surface area contributed by atoms with Crippen molar-refractivity contribution in [3.63, 3.8) is 0 Å². The Hall–Kier alpha value is -0.260. The third-order valence-electron chi connectivity index (χ3n) is 2.30. The van der Waals surface area contributed by atoms with Crippen LogP contribution in [-0.2, 0) is 0 Å². The zero-order valence-electron chi connectivity index (χ0n) is 12.1. The first kappa shape index (κ1) is 14.7. The minimum atomic E-state index is 0.317. The van der Waals surface area contributed by atoms with Gasteiger partial charge in [0.25, 0.3) is 0 Å². The molecule has 0 aromatic rings. The predicted octanol–water partition coefficient (Wildman–Crippen LogP) is 5.44. The van der Waals surface area contributed by atoms with Gasteiger partial charge in [0.05, 0.1) is 0 Å². The average molecular weight is 210 g/mol. The van der Waals surface area contributed by atoms with E-state index < -0.39 is 0 Å². The van der Waals surface area contributed by atoms with E-state index in [0.29, 0.717) is 16.2 Å². The van der Waals surface area contributed by atoms with Crippen molar-refractivity contribution in [1.29, 1.82) is 0 Å². The first-order chi connectivity index (χ1) is 6.41. The van der Waals surface area contributed by atoms with Crippen LogP contribution in [0.25, 0.3) is 0 Å². The van der Waals surface area contributed by atoms with E-state index in [1.165, 1.54) is 12.8 Å². The second kappa shape index (κ2) is 4.72. The Balaban J connectivity index is 4.22. The van der Waals surface area contributed by atoms with Crippen molar-refractivity contribution in [2.24, 2.45) is 16.2 Å². The molecule has 0 rings (SSSR count). The molecule has 0 aliphatic heterocycles. The standard InChI is InChI=1S/C15H30/c1-13(2,3)10-9-11-15(7,8)12-14(4,5)6/h9-10H,11-12H2,1-8H3/b10-9+. The van der Waals surface area contributed by atoms with Crippen LogP contribution in [0.3, 0.4) is 0 Å². The Labute approximate surface area is 97.2 Å². The van der Waals surface area contributed by atoms with Gasteiger partial charge in [-0.25, -0.2) is 0 Å². The van der Waals surface area contributed by atoms with Crippen molar-refractivity contribution >= 4 is 0 Å². The summed E-state index contributed by atoms with van der Waals surface area (Å²) in [5.74, 6) is 0. The lowest BCUT2D eigenvalue weighted by atomic mass is 9.74. The summed E-state index contributed by atoms with van der Waals surface area (Å²) in [6.45, 7) is 18.4. The molecule has 0 saturated heterocycles. The fourth-order valence-electron chi connectivity index (χ4n) is 2.24. The Morgan fingerprint density at radius 3 is 1.60 bits per heavy atom. The van der Waals surface area contributed by atoms with E-state index in [4.69, 9.17) is 0 Å². The normalized spacial score (nSPS) is 14.9. The number of hydrogen-bond acceptors (Lipinski definition) is 0. The largest absolute Gasteiger partial charge is 0.0875 e. The molecule has 0 saturated carbocycles. The van der Waals surface area contributed by atoms with Gasteiger partial charge < -0.3 is 0 Å². The molecule has 0 aliphatic rings. The van der Waals surface area contributed by atoms with Gasteiger partial charge in [-0.15, -0.1) is 0 Å². The fourth-order valence-corrected chi connectivity index (χ4v) is 2.24. The van der Waals surface area contributed by atoms with Gasteiger partial charge in [-0.3, -0.25) is 0 Å². The third-order valence-corrected chi connectivity index (χ3v) is 2.30. The SMILES string of the molecule is CC(C)(C)/C=C/CC(C)(C)CC(C)(C)C. The molecular weight excluding hydrogens is 180 g/mol. The Bertz CT molecular complexity index is 205. The summed E-state index contributed by atoms with van der Waals surface area (Å²) in [5, 5.41) is 0. The first-order valence-corrected chi connectivity index (χ1v) is 6.09. The van der Waals surface area contributed by atoms with E-state index in [1.54, 1.807) is 0 Å². The molecule has 0 atom stereocenters. The van der Waals surface area contributed by atoms with E-state index in [1.807, 2.05) is 0 Å². The van der Waals surface area contributed by atoms with Crippen LogP contribution in [0.1, 0.15) is 68.2 Å². The molecule has 0 radical (unpaired) electrons. The second-order valence-corrected chi connectivity index (χ2v) is 7.87. The number of rotatable bonds is 3. The summed E-state index contributed by atoms with van der Waals surface area (Å²) >= 11 is 0. The molecule has 0 bridgehead atoms. The van der Waals surface area contributed by atoms with Gasteiger partial charge in [0.15, 0.2) is 0 Å². The molecule has 0 fully saturated rings. The summed E-state index contributed by atoms with van der Waals surface area (Å²) in [6.07, 6.45) is 7.14. The Kier molecular flexibility index (Phi) is 4.64. The topological polar surface area (TPSA) is 0 Å². The molecule has 0 N–H and O–H groups in total. The van der Waals surface area contributed by atoms with Crippen molar-refractivity contribution in [2.45, 2.75) is 68.2 Å². The lowest BCUT2D eigenvalue weighted by Gasteiger charge is -2.31. The van der Waals surface area contributed by atoms with Crippen LogP contribution in [0.5, 0.6) is 0 Å². The molecule has 0 heterocycles. The predicted molar refractivity (Wildman–Crippen MR) is 71.1 cm³/mol. The van der Waals surface area contributed by atoms with Crippen LogP contribution in [0.15, 0.2) is 12.2 Å². The highest BCUT2D eigenvalue weighted by Gasteiger charge is 2.24. The lowest BCUT2D eigenvalue weighted by molar-refractivity contribution is 0.214. The Morgan fingerprint density at radius 2 is 1.27 bits per heavy atom. The summed E-state index contributed by atoms with van der Waals surface area (Å²) in [4.78, 5) is 0. The minimum absolute atomic E-state index is 0.317. The smallest absolute Gasteiger partial charge is 0.0203 e. The van der Waals surface area contributed by atoms with Crippen LogP contribution in [0.4, 0.5) is 0 Å². The summed E-state index contributed by atoms with van der Waals surface area (Å²) < 4.78 is 0. The molecule has 90 valence electrons. The highest BCUT2D eigenvalue weighted by molar-refractivity contribution is 4.95. The van der Waals surface area contributed by atoms with Gasteiger partial charge in [0.2, 0.25) is 0 Å². The van der Waals surface area contributed by atoms with Crippen molar-refractivity contribution < 1.29 is 0 Å². The fraction of sp³-hybridized carbons (Fsp3) is 0.867. The monoisotopic (exact) mass is 210 g/mol. The second-order valence-electron chi connectivity index (χ2n) is 7.87. The van der Waals surface area contributed by atoms with Crippen molar-refractivity contribution in [3.8, 4) is 0 Å². The van der Waals surface area contributed by atoms with Gasteiger partial charge in [-0.2, -0.15) is 0 Å². The summed E-state index contributed by atoms with van der Waals surface area (Å²) in [6, 6.07) is 0. The van der Waals surface area contributed by atoms with Gasteiger partial charge in [-0.05, 0) is 29.1 Å². The summed E-state index contributed by atoms with van der Waals surface area (Å²) in [5.41, 5.74) is 1.16. The van der Waals surface area contributed by atoms with E-state index in [-0.39, 0.29) is 0 Å². The number of allylic oxidation sites excluding steroid dienone is 2. The quantitative estimate of drug-likeness (QED) is 0.544. The van der Waals surface area contributed by atoms with Crippen LogP contribution in [-0.4, -0.2) is 0 Å². The molecule has 0 amide bonds. The molecule has 0 aromatic carbocycles. The Morgan fingerprint density at radius 1 is 0.800 bits per heavy atom. The minimum Gasteiger partial charge on any atom is -0.0875 e. The van der Waals surface area contributed by atoms with Gasteiger partial charge >= 0.3 is 0 Å². The third kappa shape index (κ3) is 10.0. The molecule has 0 heteroatoms. The maximum atomic E-state index is 2.37. The maximum Gasteiger partial charge on any atom is -0.0203 e. The van der Waals surface area contributed by atoms with Crippen LogP contribution >= 0.6 is 0 Å². The van der Waals surface area contributed by atoms with Crippen LogP contribution < -0.4 is 0 Å². The van der Waals surface area contributed by atoms with Crippen molar-refractivity contribution in [2.75, 3.05) is 0 Å². The maximum absolute atomic E-state index is 2.37. The van der Waals surface area contributed by atoms with E-state index in [2.05, 4.69) is 67.5 Å². The van der Waals surface area contributed by atoms with Gasteiger partial charge in [0.1, 0.15) is 0 Å². The molecule has 0 nitrogen and oxygen atoms in total. The van der Waals surface area contributed by atoms with Gasteiger partial charge in [0, 0.05) is 0 Å². The lowest BCUT2D eigenvalue weighted by Crippen LogP contribution is -2.20. The van der Waals surface area contributed by atoms with E-state index in [0.717, 1.165) is 0 Å². The molecule has 0 unspecified atom stereocenters. The van der Waals surface area contributed by atoms with Gasteiger partial charge in [-0.1, -0.05) is 67.5 Å². The average Bonchev–Trinajstić information content (AvgIpc) is 1.75. The first-order valence-electron chi connectivity index (χ1n) is 6.09. The number of hydrogen-bond donors (Lipinski definition) is 0.